The lowest BCUT2D eigenvalue weighted by Crippen LogP contribution is -2.39. The Labute approximate surface area is 131 Å². The van der Waals surface area contributed by atoms with Crippen LogP contribution in [0, 0.1) is 0 Å². The van der Waals surface area contributed by atoms with Crippen LogP contribution in [0.4, 0.5) is 0 Å². The summed E-state index contributed by atoms with van der Waals surface area (Å²) < 4.78 is 5.72. The number of carboxylic acid groups (broad SMARTS) is 1. The van der Waals surface area contributed by atoms with E-state index < -0.39 is 5.97 Å². The van der Waals surface area contributed by atoms with Gasteiger partial charge in [0.15, 0.2) is 0 Å². The molecule has 0 heterocycles. The third kappa shape index (κ3) is 5.76. The first kappa shape index (κ1) is 18.0. The lowest BCUT2D eigenvalue weighted by Gasteiger charge is -2.26. The third-order valence-corrected chi connectivity index (χ3v) is 3.19. The van der Waals surface area contributed by atoms with Gasteiger partial charge in [0.05, 0.1) is 18.9 Å². The zero-order chi connectivity index (χ0) is 16.7. The Morgan fingerprint density at radius 1 is 1.18 bits per heavy atom. The Morgan fingerprint density at radius 3 is 2.36 bits per heavy atom. The lowest BCUT2D eigenvalue weighted by atomic mass is 10.1. The van der Waals surface area contributed by atoms with Crippen molar-refractivity contribution in [1.29, 1.82) is 0 Å². The average Bonchev–Trinajstić information content (AvgIpc) is 2.39. The maximum Gasteiger partial charge on any atom is 0.305 e. The van der Waals surface area contributed by atoms with Crippen molar-refractivity contribution < 1.29 is 19.4 Å². The van der Waals surface area contributed by atoms with Gasteiger partial charge in [0.25, 0.3) is 0 Å². The van der Waals surface area contributed by atoms with Gasteiger partial charge in [0.2, 0.25) is 5.91 Å². The van der Waals surface area contributed by atoms with Crippen LogP contribution in [0.2, 0.25) is 0 Å². The molecule has 0 atom stereocenters. The largest absolute Gasteiger partial charge is 0.491 e. The zero-order valence-corrected chi connectivity index (χ0v) is 13.7. The smallest absolute Gasteiger partial charge is 0.305 e. The molecule has 1 N–H and O–H groups in total. The van der Waals surface area contributed by atoms with Crippen LogP contribution in [0.5, 0.6) is 5.75 Å². The second-order valence-electron chi connectivity index (χ2n) is 5.78. The van der Waals surface area contributed by atoms with Gasteiger partial charge in [-0.05, 0) is 33.8 Å². The molecule has 0 aliphatic rings. The maximum absolute atomic E-state index is 12.5. The first-order chi connectivity index (χ1) is 10.3. The maximum atomic E-state index is 12.5. The molecule has 0 aromatic heterocycles. The number of amides is 1. The van der Waals surface area contributed by atoms with Crippen molar-refractivity contribution in [3.05, 3.63) is 29.8 Å². The summed E-state index contributed by atoms with van der Waals surface area (Å²) in [5, 5.41) is 8.80. The van der Waals surface area contributed by atoms with Crippen LogP contribution in [-0.4, -0.2) is 40.6 Å². The summed E-state index contributed by atoms with van der Waals surface area (Å²) in [5.41, 5.74) is 0.821. The normalized spacial score (nSPS) is 10.8. The number of carbonyl (C=O) groups excluding carboxylic acids is 1. The molecule has 1 aromatic carbocycles. The van der Waals surface area contributed by atoms with Crippen LogP contribution in [0.25, 0.3) is 0 Å². The van der Waals surface area contributed by atoms with Crippen LogP contribution < -0.4 is 4.74 Å². The molecule has 22 heavy (non-hydrogen) atoms. The molecule has 0 aliphatic heterocycles. The van der Waals surface area contributed by atoms with E-state index >= 15 is 0 Å². The highest BCUT2D eigenvalue weighted by molar-refractivity contribution is 5.80. The van der Waals surface area contributed by atoms with E-state index in [-0.39, 0.29) is 37.4 Å². The SMILES string of the molecule is CC(C)Oc1ccccc1CC(=O)N(CCC(=O)O)C(C)C. The molecule has 0 bridgehead atoms. The summed E-state index contributed by atoms with van der Waals surface area (Å²) in [4.78, 5) is 24.8. The van der Waals surface area contributed by atoms with Crippen LogP contribution in [0.1, 0.15) is 39.7 Å². The van der Waals surface area contributed by atoms with Gasteiger partial charge in [0, 0.05) is 18.2 Å². The fourth-order valence-corrected chi connectivity index (χ4v) is 2.17. The number of ether oxygens (including phenoxy) is 1. The molecule has 5 heteroatoms. The number of rotatable bonds is 8. The number of carboxylic acids is 1. The van der Waals surface area contributed by atoms with E-state index in [4.69, 9.17) is 9.84 Å². The Balaban J connectivity index is 2.83. The Kier molecular flexibility index (Phi) is 6.89. The molecule has 0 unspecified atom stereocenters. The molecule has 1 amide bonds. The molecule has 0 radical (unpaired) electrons. The van der Waals surface area contributed by atoms with Crippen LogP contribution in [0.15, 0.2) is 24.3 Å². The van der Waals surface area contributed by atoms with E-state index in [0.717, 1.165) is 5.56 Å². The van der Waals surface area contributed by atoms with E-state index in [9.17, 15) is 9.59 Å². The number of aliphatic carboxylic acids is 1. The molecule has 1 aromatic rings. The number of carbonyl (C=O) groups is 2. The molecule has 1 rings (SSSR count). The fourth-order valence-electron chi connectivity index (χ4n) is 2.17. The minimum atomic E-state index is -0.901. The van der Waals surface area contributed by atoms with E-state index in [2.05, 4.69) is 0 Å². The highest BCUT2D eigenvalue weighted by Crippen LogP contribution is 2.21. The standard InChI is InChI=1S/C17H25NO4/c1-12(2)18(10-9-17(20)21)16(19)11-14-7-5-6-8-15(14)22-13(3)4/h5-8,12-13H,9-11H2,1-4H3,(H,20,21). The van der Waals surface area contributed by atoms with Crippen LogP contribution >= 0.6 is 0 Å². The van der Waals surface area contributed by atoms with Gasteiger partial charge in [-0.25, -0.2) is 0 Å². The van der Waals surface area contributed by atoms with Crippen LogP contribution in [0.3, 0.4) is 0 Å². The van der Waals surface area contributed by atoms with E-state index in [1.807, 2.05) is 52.0 Å². The van der Waals surface area contributed by atoms with Crippen molar-refractivity contribution in [1.82, 2.24) is 4.90 Å². The Hall–Kier alpha value is -2.04. The van der Waals surface area contributed by atoms with Gasteiger partial charge in [0.1, 0.15) is 5.75 Å². The summed E-state index contributed by atoms with van der Waals surface area (Å²) in [6.07, 6.45) is 0.193. The van der Waals surface area contributed by atoms with Crippen molar-refractivity contribution in [3.63, 3.8) is 0 Å². The molecule has 0 fully saturated rings. The topological polar surface area (TPSA) is 66.8 Å². The zero-order valence-electron chi connectivity index (χ0n) is 13.7. The number of hydrogen-bond acceptors (Lipinski definition) is 3. The molecule has 122 valence electrons. The molecular formula is C17H25NO4. The predicted octanol–water partition coefficient (Wildman–Crippen LogP) is 2.73. The molecule has 0 aliphatic carbocycles. The summed E-state index contributed by atoms with van der Waals surface area (Å²) in [6, 6.07) is 7.42. The lowest BCUT2D eigenvalue weighted by molar-refractivity contribution is -0.139. The minimum Gasteiger partial charge on any atom is -0.491 e. The monoisotopic (exact) mass is 307 g/mol. The fraction of sp³-hybridized carbons (Fsp3) is 0.529. The van der Waals surface area contributed by atoms with E-state index in [0.29, 0.717) is 5.75 Å². The first-order valence-electron chi connectivity index (χ1n) is 7.57. The Bertz CT molecular complexity index is 511. The second-order valence-corrected chi connectivity index (χ2v) is 5.78. The first-order valence-corrected chi connectivity index (χ1v) is 7.57. The molecule has 0 saturated carbocycles. The number of hydrogen-bond donors (Lipinski definition) is 1. The number of benzene rings is 1. The highest BCUT2D eigenvalue weighted by Gasteiger charge is 2.19. The van der Waals surface area contributed by atoms with Gasteiger partial charge in [-0.2, -0.15) is 0 Å². The molecule has 5 nitrogen and oxygen atoms in total. The van der Waals surface area contributed by atoms with Gasteiger partial charge in [-0.3, -0.25) is 9.59 Å². The number of para-hydroxylation sites is 1. The minimum absolute atomic E-state index is 0.0319. The second kappa shape index (κ2) is 8.41. The third-order valence-electron chi connectivity index (χ3n) is 3.19. The van der Waals surface area contributed by atoms with Crippen molar-refractivity contribution in [2.45, 2.75) is 52.7 Å². The number of nitrogens with zero attached hydrogens (tertiary/aromatic N) is 1. The van der Waals surface area contributed by atoms with E-state index in [1.165, 1.54) is 0 Å². The molecular weight excluding hydrogens is 282 g/mol. The summed E-state index contributed by atoms with van der Waals surface area (Å²) >= 11 is 0. The predicted molar refractivity (Wildman–Crippen MR) is 85.0 cm³/mol. The summed E-state index contributed by atoms with van der Waals surface area (Å²) in [7, 11) is 0. The van der Waals surface area contributed by atoms with Crippen molar-refractivity contribution >= 4 is 11.9 Å². The van der Waals surface area contributed by atoms with Gasteiger partial charge < -0.3 is 14.7 Å². The van der Waals surface area contributed by atoms with Crippen molar-refractivity contribution in [2.24, 2.45) is 0 Å². The quantitative estimate of drug-likeness (QED) is 0.802. The average molecular weight is 307 g/mol. The van der Waals surface area contributed by atoms with E-state index in [1.54, 1.807) is 4.90 Å². The molecule has 0 saturated heterocycles. The van der Waals surface area contributed by atoms with Gasteiger partial charge >= 0.3 is 5.97 Å². The molecule has 0 spiro atoms. The Morgan fingerprint density at radius 2 is 1.82 bits per heavy atom. The summed E-state index contributed by atoms with van der Waals surface area (Å²) in [6.45, 7) is 7.86. The van der Waals surface area contributed by atoms with Gasteiger partial charge in [-0.15, -0.1) is 0 Å². The van der Waals surface area contributed by atoms with Crippen LogP contribution in [-0.2, 0) is 16.0 Å². The van der Waals surface area contributed by atoms with Crippen molar-refractivity contribution in [3.8, 4) is 5.75 Å². The van der Waals surface area contributed by atoms with Crippen molar-refractivity contribution in [2.75, 3.05) is 6.54 Å². The highest BCUT2D eigenvalue weighted by atomic mass is 16.5. The van der Waals surface area contributed by atoms with Gasteiger partial charge in [-0.1, -0.05) is 18.2 Å². The summed E-state index contributed by atoms with van der Waals surface area (Å²) in [5.74, 6) is -0.286.